The van der Waals surface area contributed by atoms with Crippen molar-refractivity contribution in [3.8, 4) is 0 Å². The lowest BCUT2D eigenvalue weighted by Crippen LogP contribution is -2.37. The van der Waals surface area contributed by atoms with Gasteiger partial charge in [-0.1, -0.05) is 30.1 Å². The van der Waals surface area contributed by atoms with Crippen LogP contribution in [0.4, 0.5) is 21.9 Å². The first-order valence-corrected chi connectivity index (χ1v) is 11.3. The van der Waals surface area contributed by atoms with Gasteiger partial charge in [0.25, 0.3) is 0 Å². The second-order valence-corrected chi connectivity index (χ2v) is 9.37. The molecule has 0 aromatic heterocycles. The Hall–Kier alpha value is -1.96. The first-order valence-electron chi connectivity index (χ1n) is 8.96. The van der Waals surface area contributed by atoms with E-state index in [0.29, 0.717) is 40.1 Å². The summed E-state index contributed by atoms with van der Waals surface area (Å²) in [7, 11) is -3.32. The van der Waals surface area contributed by atoms with Crippen LogP contribution in [0.2, 0.25) is 10.0 Å². The standard InChI is InChI=1S/C19H21Cl2N3O3S/c1-2-10-28(26,27)24-9-3-4-13-11-14(6-8-18(13)24)22-19(25)23-15-5-7-16(20)17(21)12-15/h5-8,11-12H,2-4,9-10H2,1H3,(H2,22,23,25). The monoisotopic (exact) mass is 441 g/mol. The lowest BCUT2D eigenvalue weighted by Gasteiger charge is -2.30. The molecule has 150 valence electrons. The number of carbonyl (C=O) groups excluding carboxylic acids is 1. The van der Waals surface area contributed by atoms with Crippen LogP contribution in [-0.4, -0.2) is 26.7 Å². The molecular weight excluding hydrogens is 421 g/mol. The Labute approximate surface area is 174 Å². The topological polar surface area (TPSA) is 78.5 Å². The molecule has 6 nitrogen and oxygen atoms in total. The Kier molecular flexibility index (Phi) is 6.37. The van der Waals surface area contributed by atoms with Gasteiger partial charge in [0, 0.05) is 17.9 Å². The highest BCUT2D eigenvalue weighted by Gasteiger charge is 2.26. The summed E-state index contributed by atoms with van der Waals surface area (Å²) in [5, 5.41) is 6.20. The van der Waals surface area contributed by atoms with Gasteiger partial charge in [-0.15, -0.1) is 0 Å². The van der Waals surface area contributed by atoms with Crippen molar-refractivity contribution in [3.63, 3.8) is 0 Å². The number of anilines is 3. The average Bonchev–Trinajstić information content (AvgIpc) is 2.64. The first-order chi connectivity index (χ1) is 13.3. The highest BCUT2D eigenvalue weighted by atomic mass is 35.5. The molecular formula is C19H21Cl2N3O3S. The molecule has 0 spiro atoms. The molecule has 0 saturated heterocycles. The quantitative estimate of drug-likeness (QED) is 0.674. The third-order valence-corrected chi connectivity index (χ3v) is 7.10. The van der Waals surface area contributed by atoms with E-state index in [0.717, 1.165) is 18.4 Å². The van der Waals surface area contributed by atoms with Crippen molar-refractivity contribution < 1.29 is 13.2 Å². The van der Waals surface area contributed by atoms with E-state index >= 15 is 0 Å². The second kappa shape index (κ2) is 8.59. The molecule has 28 heavy (non-hydrogen) atoms. The summed E-state index contributed by atoms with van der Waals surface area (Å²) < 4.78 is 26.5. The van der Waals surface area contributed by atoms with Gasteiger partial charge < -0.3 is 10.6 Å². The molecule has 1 aliphatic heterocycles. The van der Waals surface area contributed by atoms with Crippen molar-refractivity contribution in [1.29, 1.82) is 0 Å². The van der Waals surface area contributed by atoms with Crippen molar-refractivity contribution in [1.82, 2.24) is 0 Å². The number of amides is 2. The zero-order valence-corrected chi connectivity index (χ0v) is 17.7. The number of sulfonamides is 1. The van der Waals surface area contributed by atoms with Crippen LogP contribution in [-0.2, 0) is 16.4 Å². The third kappa shape index (κ3) is 4.71. The van der Waals surface area contributed by atoms with E-state index in [1.54, 1.807) is 30.3 Å². The molecule has 2 aromatic carbocycles. The van der Waals surface area contributed by atoms with Crippen LogP contribution >= 0.6 is 23.2 Å². The Morgan fingerprint density at radius 1 is 1.07 bits per heavy atom. The minimum absolute atomic E-state index is 0.124. The van der Waals surface area contributed by atoms with E-state index in [2.05, 4.69) is 10.6 Å². The van der Waals surface area contributed by atoms with Gasteiger partial charge in [0.05, 0.1) is 21.5 Å². The molecule has 0 unspecified atom stereocenters. The van der Waals surface area contributed by atoms with Crippen LogP contribution in [0.15, 0.2) is 36.4 Å². The fourth-order valence-electron chi connectivity index (χ4n) is 3.16. The molecule has 1 aliphatic rings. The molecule has 3 rings (SSSR count). The molecule has 0 atom stereocenters. The van der Waals surface area contributed by atoms with Gasteiger partial charge in [0.1, 0.15) is 0 Å². The minimum atomic E-state index is -3.32. The van der Waals surface area contributed by atoms with Crippen molar-refractivity contribution in [2.24, 2.45) is 0 Å². The van der Waals surface area contributed by atoms with Crippen LogP contribution in [0.1, 0.15) is 25.3 Å². The zero-order valence-electron chi connectivity index (χ0n) is 15.3. The normalized spacial score (nSPS) is 13.8. The zero-order chi connectivity index (χ0) is 20.3. The summed E-state index contributed by atoms with van der Waals surface area (Å²) in [6.45, 7) is 2.34. The fraction of sp³-hybridized carbons (Fsp3) is 0.316. The summed E-state index contributed by atoms with van der Waals surface area (Å²) in [6, 6.07) is 9.65. The van der Waals surface area contributed by atoms with E-state index in [1.807, 2.05) is 13.0 Å². The van der Waals surface area contributed by atoms with Gasteiger partial charge in [-0.3, -0.25) is 4.31 Å². The van der Waals surface area contributed by atoms with Crippen LogP contribution in [0.3, 0.4) is 0 Å². The number of nitrogens with zero attached hydrogens (tertiary/aromatic N) is 1. The number of rotatable bonds is 5. The number of halogens is 2. The molecule has 0 radical (unpaired) electrons. The highest BCUT2D eigenvalue weighted by Crippen LogP contribution is 2.32. The summed E-state index contributed by atoms with van der Waals surface area (Å²) in [6.07, 6.45) is 2.08. The lowest BCUT2D eigenvalue weighted by atomic mass is 10.0. The Bertz CT molecular complexity index is 996. The average molecular weight is 442 g/mol. The number of urea groups is 1. The number of benzene rings is 2. The highest BCUT2D eigenvalue weighted by molar-refractivity contribution is 7.92. The van der Waals surface area contributed by atoms with E-state index in [4.69, 9.17) is 23.2 Å². The van der Waals surface area contributed by atoms with E-state index < -0.39 is 16.1 Å². The van der Waals surface area contributed by atoms with Crippen LogP contribution in [0.25, 0.3) is 0 Å². The Morgan fingerprint density at radius 2 is 1.75 bits per heavy atom. The summed E-state index contributed by atoms with van der Waals surface area (Å²) in [5.41, 5.74) is 2.70. The predicted molar refractivity (Wildman–Crippen MR) is 115 cm³/mol. The smallest absolute Gasteiger partial charge is 0.308 e. The van der Waals surface area contributed by atoms with Crippen LogP contribution in [0.5, 0.6) is 0 Å². The molecule has 1 heterocycles. The van der Waals surface area contributed by atoms with Gasteiger partial charge in [0.2, 0.25) is 10.0 Å². The molecule has 0 aliphatic carbocycles. The summed E-state index contributed by atoms with van der Waals surface area (Å²) in [4.78, 5) is 12.3. The van der Waals surface area contributed by atoms with Gasteiger partial charge in [-0.25, -0.2) is 13.2 Å². The summed E-state index contributed by atoms with van der Waals surface area (Å²) >= 11 is 11.8. The lowest BCUT2D eigenvalue weighted by molar-refractivity contribution is 0.262. The number of hydrogen-bond acceptors (Lipinski definition) is 3. The molecule has 2 aromatic rings. The molecule has 9 heteroatoms. The Morgan fingerprint density at radius 3 is 2.43 bits per heavy atom. The molecule has 0 fully saturated rings. The van der Waals surface area contributed by atoms with E-state index in [1.165, 1.54) is 4.31 Å². The van der Waals surface area contributed by atoms with Crippen molar-refractivity contribution in [2.45, 2.75) is 26.2 Å². The SMILES string of the molecule is CCCS(=O)(=O)N1CCCc2cc(NC(=O)Nc3ccc(Cl)c(Cl)c3)ccc21. The number of fused-ring (bicyclic) bond motifs is 1. The van der Waals surface area contributed by atoms with Crippen molar-refractivity contribution >= 4 is 56.3 Å². The van der Waals surface area contributed by atoms with Crippen molar-refractivity contribution in [2.75, 3.05) is 27.2 Å². The van der Waals surface area contributed by atoms with Gasteiger partial charge in [0.15, 0.2) is 0 Å². The molecule has 2 N–H and O–H groups in total. The van der Waals surface area contributed by atoms with E-state index in [-0.39, 0.29) is 5.75 Å². The second-order valence-electron chi connectivity index (χ2n) is 6.54. The fourth-order valence-corrected chi connectivity index (χ4v) is 5.08. The van der Waals surface area contributed by atoms with Gasteiger partial charge >= 0.3 is 6.03 Å². The van der Waals surface area contributed by atoms with Gasteiger partial charge in [-0.05, 0) is 61.2 Å². The van der Waals surface area contributed by atoms with E-state index in [9.17, 15) is 13.2 Å². The number of nitrogens with one attached hydrogen (secondary N) is 2. The predicted octanol–water partition coefficient (Wildman–Crippen LogP) is 5.13. The molecule has 0 saturated carbocycles. The number of hydrogen-bond donors (Lipinski definition) is 2. The van der Waals surface area contributed by atoms with Crippen molar-refractivity contribution in [3.05, 3.63) is 52.0 Å². The Balaban J connectivity index is 1.74. The summed E-state index contributed by atoms with van der Waals surface area (Å²) in [5.74, 6) is 0.124. The largest absolute Gasteiger partial charge is 0.323 e. The van der Waals surface area contributed by atoms with Crippen LogP contribution < -0.4 is 14.9 Å². The molecule has 0 bridgehead atoms. The minimum Gasteiger partial charge on any atom is -0.308 e. The van der Waals surface area contributed by atoms with Crippen LogP contribution in [0, 0.1) is 0 Å². The maximum absolute atomic E-state index is 12.5. The molecule has 2 amide bonds. The number of carbonyl (C=O) groups is 1. The third-order valence-electron chi connectivity index (χ3n) is 4.39. The first kappa shape index (κ1) is 20.8. The maximum Gasteiger partial charge on any atom is 0.323 e. The number of aryl methyl sites for hydroxylation is 1. The maximum atomic E-state index is 12.5. The van der Waals surface area contributed by atoms with Gasteiger partial charge in [-0.2, -0.15) is 0 Å².